The van der Waals surface area contributed by atoms with Gasteiger partial charge >= 0.3 is 0 Å². The van der Waals surface area contributed by atoms with Gasteiger partial charge in [-0.3, -0.25) is 0 Å². The van der Waals surface area contributed by atoms with Crippen molar-refractivity contribution in [2.24, 2.45) is 23.7 Å². The average Bonchev–Trinajstić information content (AvgIpc) is 2.85. The van der Waals surface area contributed by atoms with Crippen LogP contribution in [0.1, 0.15) is 129 Å². The van der Waals surface area contributed by atoms with Crippen LogP contribution >= 0.6 is 0 Å². The van der Waals surface area contributed by atoms with Gasteiger partial charge in [0, 0.05) is 0 Å². The number of hydrogen-bond donors (Lipinski definition) is 0. The summed E-state index contributed by atoms with van der Waals surface area (Å²) < 4.78 is 6.07. The summed E-state index contributed by atoms with van der Waals surface area (Å²) in [7, 11) is 0. The van der Waals surface area contributed by atoms with Gasteiger partial charge in [0.15, 0.2) is 0 Å². The third-order valence-corrected chi connectivity index (χ3v) is 8.77. The maximum Gasteiger partial charge on any atom is 0.119 e. The quantitative estimate of drug-likeness (QED) is 0.261. The van der Waals surface area contributed by atoms with Gasteiger partial charge in [0.25, 0.3) is 0 Å². The monoisotopic (exact) mass is 440 g/mol. The first-order valence-corrected chi connectivity index (χ1v) is 14.5. The Morgan fingerprint density at radius 3 is 1.78 bits per heavy atom. The lowest BCUT2D eigenvalue weighted by Crippen LogP contribution is -2.15. The molecule has 2 aliphatic carbocycles. The zero-order valence-electron chi connectivity index (χ0n) is 21.5. The number of hydrogen-bond acceptors (Lipinski definition) is 1. The highest BCUT2D eigenvalue weighted by atomic mass is 16.5. The number of rotatable bonds is 14. The first kappa shape index (κ1) is 25.6. The third kappa shape index (κ3) is 9.48. The Morgan fingerprint density at radius 2 is 1.19 bits per heavy atom. The van der Waals surface area contributed by atoms with Crippen molar-refractivity contribution < 1.29 is 4.74 Å². The molecule has 182 valence electrons. The molecule has 1 nitrogen and oxygen atoms in total. The summed E-state index contributed by atoms with van der Waals surface area (Å²) in [5.41, 5.74) is 1.49. The molecule has 0 heterocycles. The van der Waals surface area contributed by atoms with Gasteiger partial charge in [0.1, 0.15) is 5.75 Å². The second kappa shape index (κ2) is 15.0. The molecule has 1 aromatic carbocycles. The molecule has 0 aromatic heterocycles. The van der Waals surface area contributed by atoms with Gasteiger partial charge in [0.05, 0.1) is 6.61 Å². The Bertz CT molecular complexity index is 575. The van der Waals surface area contributed by atoms with E-state index in [4.69, 9.17) is 4.74 Å². The molecule has 2 aliphatic rings. The largest absolute Gasteiger partial charge is 0.494 e. The van der Waals surface area contributed by atoms with Crippen molar-refractivity contribution in [3.8, 4) is 5.75 Å². The highest BCUT2D eigenvalue weighted by Gasteiger charge is 2.21. The molecule has 1 heteroatoms. The lowest BCUT2D eigenvalue weighted by molar-refractivity contribution is 0.228. The van der Waals surface area contributed by atoms with Crippen molar-refractivity contribution in [1.82, 2.24) is 0 Å². The Labute approximate surface area is 200 Å². The topological polar surface area (TPSA) is 9.23 Å². The first-order valence-electron chi connectivity index (χ1n) is 14.5. The summed E-state index contributed by atoms with van der Waals surface area (Å²) in [6.07, 6.45) is 25.5. The van der Waals surface area contributed by atoms with Crippen molar-refractivity contribution in [3.63, 3.8) is 0 Å². The highest BCUT2D eigenvalue weighted by Crippen LogP contribution is 2.35. The second-order valence-corrected chi connectivity index (χ2v) is 11.2. The minimum atomic E-state index is 0.886. The Morgan fingerprint density at radius 1 is 0.625 bits per heavy atom. The summed E-state index contributed by atoms with van der Waals surface area (Å²) in [6, 6.07) is 9.00. The summed E-state index contributed by atoms with van der Waals surface area (Å²) in [4.78, 5) is 0. The van der Waals surface area contributed by atoms with Crippen molar-refractivity contribution in [2.45, 2.75) is 129 Å². The zero-order valence-corrected chi connectivity index (χ0v) is 21.5. The predicted octanol–water partition coefficient (Wildman–Crippen LogP) is 9.77. The molecular weight excluding hydrogens is 388 g/mol. The lowest BCUT2D eigenvalue weighted by atomic mass is 9.78. The highest BCUT2D eigenvalue weighted by molar-refractivity contribution is 5.27. The predicted molar refractivity (Wildman–Crippen MR) is 139 cm³/mol. The molecule has 0 amide bonds. The van der Waals surface area contributed by atoms with Crippen molar-refractivity contribution in [2.75, 3.05) is 6.61 Å². The normalized spacial score (nSPS) is 26.2. The molecule has 3 rings (SSSR count). The summed E-state index contributed by atoms with van der Waals surface area (Å²) >= 11 is 0. The smallest absolute Gasteiger partial charge is 0.119 e. The average molecular weight is 441 g/mol. The van der Waals surface area contributed by atoms with Crippen LogP contribution in [0.4, 0.5) is 0 Å². The molecule has 0 unspecified atom stereocenters. The fourth-order valence-corrected chi connectivity index (χ4v) is 6.28. The number of aryl methyl sites for hydroxylation is 1. The van der Waals surface area contributed by atoms with E-state index in [-0.39, 0.29) is 0 Å². The second-order valence-electron chi connectivity index (χ2n) is 11.2. The molecule has 0 bridgehead atoms. The minimum Gasteiger partial charge on any atom is -0.494 e. The van der Waals surface area contributed by atoms with E-state index in [1.807, 2.05) is 0 Å². The number of unbranched alkanes of at least 4 members (excludes halogenated alkanes) is 3. The zero-order chi connectivity index (χ0) is 22.4. The maximum atomic E-state index is 6.07. The van der Waals surface area contributed by atoms with Crippen molar-refractivity contribution >= 4 is 0 Å². The third-order valence-electron chi connectivity index (χ3n) is 8.77. The standard InChI is InChI=1S/C31H52O/c1-3-5-6-7-9-27-15-17-28(18-16-27)10-8-25-32-31-23-21-30(22-24-31)20-19-29-13-11-26(4-2)12-14-29/h21-24,26-29H,3-20,25H2,1-2H3. The van der Waals surface area contributed by atoms with E-state index in [1.54, 1.807) is 0 Å². The van der Waals surface area contributed by atoms with Crippen LogP contribution in [0, 0.1) is 23.7 Å². The Hall–Kier alpha value is -0.980. The van der Waals surface area contributed by atoms with E-state index in [2.05, 4.69) is 38.1 Å². The molecule has 0 radical (unpaired) electrons. The molecule has 0 atom stereocenters. The lowest BCUT2D eigenvalue weighted by Gasteiger charge is -2.28. The molecular formula is C31H52O. The van der Waals surface area contributed by atoms with Crippen LogP contribution in [0.25, 0.3) is 0 Å². The molecule has 0 saturated heterocycles. The van der Waals surface area contributed by atoms with Crippen molar-refractivity contribution in [1.29, 1.82) is 0 Å². The van der Waals surface area contributed by atoms with Crippen LogP contribution in [-0.2, 0) is 6.42 Å². The van der Waals surface area contributed by atoms with Crippen LogP contribution in [0.2, 0.25) is 0 Å². The number of benzene rings is 1. The fraction of sp³-hybridized carbons (Fsp3) is 0.806. The van der Waals surface area contributed by atoms with E-state index >= 15 is 0 Å². The SMILES string of the molecule is CCCCCCC1CCC(CCCOc2ccc(CCC3CCC(CC)CC3)cc2)CC1. The molecule has 1 aromatic rings. The van der Waals surface area contributed by atoms with E-state index in [9.17, 15) is 0 Å². The van der Waals surface area contributed by atoms with Crippen LogP contribution < -0.4 is 4.74 Å². The number of ether oxygens (including phenoxy) is 1. The molecule has 2 fully saturated rings. The van der Waals surface area contributed by atoms with Crippen LogP contribution in [0.5, 0.6) is 5.75 Å². The van der Waals surface area contributed by atoms with Crippen LogP contribution in [0.3, 0.4) is 0 Å². The van der Waals surface area contributed by atoms with Crippen LogP contribution in [0.15, 0.2) is 24.3 Å². The van der Waals surface area contributed by atoms with E-state index in [0.29, 0.717) is 0 Å². The molecule has 0 aliphatic heterocycles. The van der Waals surface area contributed by atoms with E-state index in [0.717, 1.165) is 36.0 Å². The maximum absolute atomic E-state index is 6.07. The Balaban J connectivity index is 1.22. The fourth-order valence-electron chi connectivity index (χ4n) is 6.28. The minimum absolute atomic E-state index is 0.886. The van der Waals surface area contributed by atoms with Crippen molar-refractivity contribution in [3.05, 3.63) is 29.8 Å². The summed E-state index contributed by atoms with van der Waals surface area (Å²) in [5, 5.41) is 0. The van der Waals surface area contributed by atoms with Gasteiger partial charge in [-0.25, -0.2) is 0 Å². The van der Waals surface area contributed by atoms with E-state index in [1.165, 1.54) is 121 Å². The van der Waals surface area contributed by atoms with Gasteiger partial charge in [-0.05, 0) is 67.1 Å². The van der Waals surface area contributed by atoms with Crippen LogP contribution in [-0.4, -0.2) is 6.61 Å². The van der Waals surface area contributed by atoms with Gasteiger partial charge in [0.2, 0.25) is 0 Å². The van der Waals surface area contributed by atoms with Gasteiger partial charge in [-0.15, -0.1) is 0 Å². The molecule has 32 heavy (non-hydrogen) atoms. The summed E-state index contributed by atoms with van der Waals surface area (Å²) in [6.45, 7) is 5.55. The van der Waals surface area contributed by atoms with Gasteiger partial charge in [-0.1, -0.05) is 116 Å². The summed E-state index contributed by atoms with van der Waals surface area (Å²) in [5.74, 6) is 5.03. The molecule has 2 saturated carbocycles. The van der Waals surface area contributed by atoms with Gasteiger partial charge in [-0.2, -0.15) is 0 Å². The first-order chi connectivity index (χ1) is 15.8. The molecule has 0 spiro atoms. The van der Waals surface area contributed by atoms with Gasteiger partial charge < -0.3 is 4.74 Å². The van der Waals surface area contributed by atoms with E-state index < -0.39 is 0 Å². The molecule has 0 N–H and O–H groups in total. The Kier molecular flexibility index (Phi) is 12.0.